The maximum Gasteiger partial charge on any atom is 0.222 e. The molecule has 2 aromatic carbocycles. The monoisotopic (exact) mass is 286 g/mol. The largest absolute Gasteiger partial charge is 0.368 e. The average molecular weight is 287 g/mol. The maximum absolute atomic E-state index is 5.79. The summed E-state index contributed by atoms with van der Waals surface area (Å²) in [5.41, 5.74) is 7.71. The predicted molar refractivity (Wildman–Crippen MR) is 85.7 cm³/mol. The number of halogens is 1. The number of hydrogen-bond acceptors (Lipinski definition) is 4. The average Bonchev–Trinajstić information content (AvgIpc) is 2.46. The summed E-state index contributed by atoms with van der Waals surface area (Å²) in [4.78, 5) is 10.6. The molecule has 0 radical (unpaired) electrons. The van der Waals surface area contributed by atoms with Crippen molar-refractivity contribution in [3.8, 4) is 0 Å². The van der Waals surface area contributed by atoms with Crippen LogP contribution in [0.3, 0.4) is 0 Å². The fourth-order valence-electron chi connectivity index (χ4n) is 2.11. The summed E-state index contributed by atoms with van der Waals surface area (Å²) >= 11 is 0. The Bertz CT molecular complexity index is 715. The molecule has 0 saturated carbocycles. The van der Waals surface area contributed by atoms with Crippen LogP contribution in [0.4, 0.5) is 17.5 Å². The van der Waals surface area contributed by atoms with E-state index in [1.807, 2.05) is 66.5 Å². The molecule has 0 saturated heterocycles. The molecule has 0 atom stereocenters. The van der Waals surface area contributed by atoms with Crippen molar-refractivity contribution < 1.29 is 0 Å². The Hall–Kier alpha value is -2.33. The second-order valence-corrected chi connectivity index (χ2v) is 4.32. The third kappa shape index (κ3) is 2.51. The second-order valence-electron chi connectivity index (χ2n) is 4.32. The molecule has 20 heavy (non-hydrogen) atoms. The van der Waals surface area contributed by atoms with Gasteiger partial charge in [-0.2, -0.15) is 4.98 Å². The number of nitrogen functional groups attached to an aromatic ring is 1. The molecule has 102 valence electrons. The lowest BCUT2D eigenvalue weighted by molar-refractivity contribution is 1.12. The van der Waals surface area contributed by atoms with E-state index in [9.17, 15) is 0 Å². The minimum atomic E-state index is 0. The number of fused-ring (bicyclic) bond motifs is 1. The first-order valence-corrected chi connectivity index (χ1v) is 6.07. The molecular formula is C15H15ClN4. The van der Waals surface area contributed by atoms with Crippen molar-refractivity contribution in [1.82, 2.24) is 9.97 Å². The Balaban J connectivity index is 0.00000147. The summed E-state index contributed by atoms with van der Waals surface area (Å²) in [6.07, 6.45) is 0. The molecule has 3 aromatic rings. The van der Waals surface area contributed by atoms with Crippen LogP contribution in [-0.4, -0.2) is 17.0 Å². The van der Waals surface area contributed by atoms with E-state index in [1.54, 1.807) is 0 Å². The number of nitrogens with two attached hydrogens (primary N) is 1. The van der Waals surface area contributed by atoms with Gasteiger partial charge in [0, 0.05) is 18.1 Å². The molecule has 1 heterocycles. The Morgan fingerprint density at radius 1 is 0.900 bits per heavy atom. The third-order valence-corrected chi connectivity index (χ3v) is 3.06. The first kappa shape index (κ1) is 14.1. The van der Waals surface area contributed by atoms with Crippen molar-refractivity contribution in [2.75, 3.05) is 17.7 Å². The number of nitrogens with zero attached hydrogens (tertiary/aromatic N) is 3. The van der Waals surface area contributed by atoms with Gasteiger partial charge >= 0.3 is 0 Å². The van der Waals surface area contributed by atoms with Gasteiger partial charge in [-0.1, -0.05) is 30.3 Å². The molecule has 1 aromatic heterocycles. The zero-order chi connectivity index (χ0) is 13.2. The minimum absolute atomic E-state index is 0. The summed E-state index contributed by atoms with van der Waals surface area (Å²) < 4.78 is 0. The van der Waals surface area contributed by atoms with Crippen molar-refractivity contribution in [1.29, 1.82) is 0 Å². The van der Waals surface area contributed by atoms with Gasteiger partial charge in [0.15, 0.2) is 0 Å². The molecule has 0 aliphatic rings. The van der Waals surface area contributed by atoms with E-state index in [1.165, 1.54) is 0 Å². The summed E-state index contributed by atoms with van der Waals surface area (Å²) in [6.45, 7) is 0. The van der Waals surface area contributed by atoms with Crippen LogP contribution in [0, 0.1) is 0 Å². The molecule has 4 nitrogen and oxygen atoms in total. The van der Waals surface area contributed by atoms with Crippen LogP contribution in [0.1, 0.15) is 0 Å². The summed E-state index contributed by atoms with van der Waals surface area (Å²) in [6, 6.07) is 17.9. The molecule has 0 aliphatic heterocycles. The molecule has 3 rings (SSSR count). The molecule has 0 spiro atoms. The van der Waals surface area contributed by atoms with E-state index in [0.717, 1.165) is 22.4 Å². The van der Waals surface area contributed by atoms with Crippen LogP contribution < -0.4 is 10.6 Å². The van der Waals surface area contributed by atoms with E-state index >= 15 is 0 Å². The Morgan fingerprint density at radius 3 is 2.30 bits per heavy atom. The van der Waals surface area contributed by atoms with Crippen molar-refractivity contribution in [3.05, 3.63) is 54.6 Å². The van der Waals surface area contributed by atoms with Crippen LogP contribution in [-0.2, 0) is 0 Å². The summed E-state index contributed by atoms with van der Waals surface area (Å²) in [5, 5.41) is 0.989. The molecule has 5 heteroatoms. The Morgan fingerprint density at radius 2 is 1.55 bits per heavy atom. The molecule has 0 aliphatic carbocycles. The Labute approximate surface area is 123 Å². The van der Waals surface area contributed by atoms with Crippen molar-refractivity contribution >= 4 is 40.8 Å². The van der Waals surface area contributed by atoms with Gasteiger partial charge in [-0.25, -0.2) is 4.98 Å². The van der Waals surface area contributed by atoms with E-state index in [0.29, 0.717) is 0 Å². The van der Waals surface area contributed by atoms with E-state index in [-0.39, 0.29) is 18.4 Å². The maximum atomic E-state index is 5.79. The second kappa shape index (κ2) is 5.75. The first-order valence-electron chi connectivity index (χ1n) is 6.07. The van der Waals surface area contributed by atoms with E-state index in [2.05, 4.69) is 9.97 Å². The number of anilines is 3. The van der Waals surface area contributed by atoms with Crippen LogP contribution in [0.2, 0.25) is 0 Å². The molecule has 0 unspecified atom stereocenters. The summed E-state index contributed by atoms with van der Waals surface area (Å²) in [7, 11) is 1.98. The highest BCUT2D eigenvalue weighted by Gasteiger charge is 2.11. The first-order chi connectivity index (χ1) is 9.25. The molecule has 2 N–H and O–H groups in total. The van der Waals surface area contributed by atoms with Crippen LogP contribution in [0.5, 0.6) is 0 Å². The fraction of sp³-hybridized carbons (Fsp3) is 0.0667. The fourth-order valence-corrected chi connectivity index (χ4v) is 2.11. The van der Waals surface area contributed by atoms with Gasteiger partial charge in [0.05, 0.1) is 5.52 Å². The topological polar surface area (TPSA) is 55.0 Å². The van der Waals surface area contributed by atoms with Crippen molar-refractivity contribution in [2.45, 2.75) is 0 Å². The number of aromatic nitrogens is 2. The lowest BCUT2D eigenvalue weighted by Gasteiger charge is -2.20. The highest BCUT2D eigenvalue weighted by Crippen LogP contribution is 2.28. The van der Waals surface area contributed by atoms with Gasteiger partial charge < -0.3 is 10.6 Å². The van der Waals surface area contributed by atoms with E-state index in [4.69, 9.17) is 5.73 Å². The molecule has 0 amide bonds. The standard InChI is InChI=1S/C15H14N4.ClH/c1-19(11-7-3-2-4-8-11)14-12-9-5-6-10-13(12)17-15(16)18-14;/h2-10H,1H3,(H2,16,17,18);1H. The minimum Gasteiger partial charge on any atom is -0.368 e. The molecule has 0 fully saturated rings. The number of para-hydroxylation sites is 2. The molecular weight excluding hydrogens is 272 g/mol. The van der Waals surface area contributed by atoms with Gasteiger partial charge in [0.25, 0.3) is 0 Å². The highest BCUT2D eigenvalue weighted by atomic mass is 35.5. The van der Waals surface area contributed by atoms with Gasteiger partial charge in [0.2, 0.25) is 5.95 Å². The van der Waals surface area contributed by atoms with Gasteiger partial charge in [-0.15, -0.1) is 12.4 Å². The lowest BCUT2D eigenvalue weighted by atomic mass is 10.2. The van der Waals surface area contributed by atoms with E-state index < -0.39 is 0 Å². The van der Waals surface area contributed by atoms with Crippen molar-refractivity contribution in [3.63, 3.8) is 0 Å². The predicted octanol–water partition coefficient (Wildman–Crippen LogP) is 3.40. The van der Waals surface area contributed by atoms with Gasteiger partial charge in [0.1, 0.15) is 5.82 Å². The lowest BCUT2D eigenvalue weighted by Crippen LogP contribution is -2.13. The normalized spacial score (nSPS) is 10.1. The summed E-state index contributed by atoms with van der Waals surface area (Å²) in [5.74, 6) is 1.10. The number of hydrogen-bond donors (Lipinski definition) is 1. The third-order valence-electron chi connectivity index (χ3n) is 3.06. The van der Waals surface area contributed by atoms with Crippen molar-refractivity contribution in [2.24, 2.45) is 0 Å². The van der Waals surface area contributed by atoms with Gasteiger partial charge in [-0.3, -0.25) is 0 Å². The quantitative estimate of drug-likeness (QED) is 0.784. The zero-order valence-corrected chi connectivity index (χ0v) is 11.8. The SMILES string of the molecule is CN(c1ccccc1)c1nc(N)nc2ccccc12.Cl. The van der Waals surface area contributed by atoms with Crippen LogP contribution in [0.15, 0.2) is 54.6 Å². The number of rotatable bonds is 2. The Kier molecular flexibility index (Phi) is 4.05. The smallest absolute Gasteiger partial charge is 0.222 e. The van der Waals surface area contributed by atoms with Crippen LogP contribution >= 0.6 is 12.4 Å². The zero-order valence-electron chi connectivity index (χ0n) is 11.0. The van der Waals surface area contributed by atoms with Gasteiger partial charge in [-0.05, 0) is 24.3 Å². The number of benzene rings is 2. The highest BCUT2D eigenvalue weighted by molar-refractivity contribution is 5.92. The molecule has 0 bridgehead atoms. The van der Waals surface area contributed by atoms with Crippen LogP contribution in [0.25, 0.3) is 10.9 Å².